The van der Waals surface area contributed by atoms with Crippen molar-refractivity contribution in [2.24, 2.45) is 0 Å². The van der Waals surface area contributed by atoms with Gasteiger partial charge in [-0.3, -0.25) is 0 Å². The number of fused-ring (bicyclic) bond motifs is 1. The van der Waals surface area contributed by atoms with Gasteiger partial charge < -0.3 is 9.47 Å². The van der Waals surface area contributed by atoms with Crippen molar-refractivity contribution in [1.82, 2.24) is 15.4 Å². The van der Waals surface area contributed by atoms with Crippen molar-refractivity contribution in [2.75, 3.05) is 0 Å². The van der Waals surface area contributed by atoms with Crippen LogP contribution in [0.3, 0.4) is 0 Å². The van der Waals surface area contributed by atoms with E-state index in [9.17, 15) is 4.79 Å². The highest BCUT2D eigenvalue weighted by molar-refractivity contribution is 6.35. The zero-order valence-corrected chi connectivity index (χ0v) is 16.2. The Balaban J connectivity index is 1.63. The summed E-state index contributed by atoms with van der Waals surface area (Å²) in [7, 11) is 0. The third-order valence-corrected chi connectivity index (χ3v) is 4.54. The number of aromatic amines is 1. The summed E-state index contributed by atoms with van der Waals surface area (Å²) in [5.74, 6) is 0.169. The van der Waals surface area contributed by atoms with Crippen molar-refractivity contribution in [3.63, 3.8) is 0 Å². The number of esters is 1. The Morgan fingerprint density at radius 2 is 1.50 bits per heavy atom. The average Bonchev–Trinajstić information content (AvgIpc) is 3.13. The Morgan fingerprint density at radius 1 is 0.786 bits per heavy atom. The standard InChI is InChI=1S/C19H10Cl3N3O3/c20-11-2-5-16(13(22)8-11)27-17-6-3-12(21)9-18(17)28-19(26)10-1-4-14-15(7-10)24-25-23-14/h1-9H,(H,23,24,25). The number of H-pyrrole nitrogens is 1. The molecule has 1 N–H and O–H groups in total. The number of nitrogens with zero attached hydrogens (tertiary/aromatic N) is 2. The quantitative estimate of drug-likeness (QED) is 0.318. The molecule has 4 rings (SSSR count). The number of carbonyl (C=O) groups excluding carboxylic acids is 1. The fraction of sp³-hybridized carbons (Fsp3) is 0. The number of rotatable bonds is 4. The lowest BCUT2D eigenvalue weighted by Crippen LogP contribution is -2.09. The van der Waals surface area contributed by atoms with Gasteiger partial charge in [0, 0.05) is 16.1 Å². The summed E-state index contributed by atoms with van der Waals surface area (Å²) in [4.78, 5) is 12.6. The summed E-state index contributed by atoms with van der Waals surface area (Å²) in [6, 6.07) is 14.3. The normalized spacial score (nSPS) is 10.8. The van der Waals surface area contributed by atoms with E-state index >= 15 is 0 Å². The van der Waals surface area contributed by atoms with Gasteiger partial charge in [-0.2, -0.15) is 15.4 Å². The first-order valence-electron chi connectivity index (χ1n) is 7.95. The summed E-state index contributed by atoms with van der Waals surface area (Å²) in [5.41, 5.74) is 1.49. The van der Waals surface area contributed by atoms with E-state index in [-0.39, 0.29) is 11.5 Å². The second-order valence-electron chi connectivity index (χ2n) is 5.68. The summed E-state index contributed by atoms with van der Waals surface area (Å²) >= 11 is 18.1. The van der Waals surface area contributed by atoms with Crippen LogP contribution in [0.2, 0.25) is 15.1 Å². The van der Waals surface area contributed by atoms with Crippen LogP contribution in [0.4, 0.5) is 0 Å². The molecule has 0 fully saturated rings. The minimum absolute atomic E-state index is 0.142. The largest absolute Gasteiger partial charge is 0.452 e. The first-order chi connectivity index (χ1) is 13.5. The van der Waals surface area contributed by atoms with Gasteiger partial charge in [0.15, 0.2) is 11.5 Å². The van der Waals surface area contributed by atoms with Gasteiger partial charge in [0.2, 0.25) is 0 Å². The van der Waals surface area contributed by atoms with Crippen molar-refractivity contribution >= 4 is 51.8 Å². The molecule has 0 aliphatic heterocycles. The van der Waals surface area contributed by atoms with E-state index in [4.69, 9.17) is 44.3 Å². The van der Waals surface area contributed by atoms with Crippen LogP contribution in [-0.2, 0) is 0 Å². The Labute approximate surface area is 173 Å². The maximum atomic E-state index is 12.6. The number of carbonyl (C=O) groups is 1. The number of hydrogen-bond acceptors (Lipinski definition) is 5. The summed E-state index contributed by atoms with van der Waals surface area (Å²) in [5, 5.41) is 11.6. The predicted octanol–water partition coefficient (Wildman–Crippen LogP) is 5.93. The molecule has 0 aliphatic carbocycles. The zero-order valence-electron chi connectivity index (χ0n) is 13.9. The number of hydrogen-bond donors (Lipinski definition) is 1. The monoisotopic (exact) mass is 433 g/mol. The lowest BCUT2D eigenvalue weighted by atomic mass is 10.2. The molecule has 0 saturated carbocycles. The zero-order chi connectivity index (χ0) is 19.7. The van der Waals surface area contributed by atoms with Crippen molar-refractivity contribution in [2.45, 2.75) is 0 Å². The van der Waals surface area contributed by atoms with Crippen LogP contribution in [0.5, 0.6) is 17.2 Å². The van der Waals surface area contributed by atoms with Gasteiger partial charge in [0.05, 0.1) is 10.6 Å². The fourth-order valence-corrected chi connectivity index (χ4v) is 3.06. The fourth-order valence-electron chi connectivity index (χ4n) is 2.45. The third kappa shape index (κ3) is 3.89. The van der Waals surface area contributed by atoms with E-state index in [2.05, 4.69) is 15.4 Å². The number of ether oxygens (including phenoxy) is 2. The topological polar surface area (TPSA) is 77.1 Å². The number of nitrogens with one attached hydrogen (secondary N) is 1. The first kappa shape index (κ1) is 18.6. The summed E-state index contributed by atoms with van der Waals surface area (Å²) in [6.07, 6.45) is 0. The molecule has 28 heavy (non-hydrogen) atoms. The molecule has 9 heteroatoms. The Hall–Kier alpha value is -2.80. The number of benzene rings is 3. The Morgan fingerprint density at radius 3 is 2.29 bits per heavy atom. The smallest absolute Gasteiger partial charge is 0.343 e. The van der Waals surface area contributed by atoms with E-state index in [1.165, 1.54) is 6.07 Å². The molecule has 3 aromatic carbocycles. The molecule has 0 bridgehead atoms. The maximum absolute atomic E-state index is 12.6. The van der Waals surface area contributed by atoms with E-state index in [1.54, 1.807) is 48.5 Å². The number of aromatic nitrogens is 3. The minimum Gasteiger partial charge on any atom is -0.452 e. The molecule has 0 atom stereocenters. The molecule has 4 aromatic rings. The molecular weight excluding hydrogens is 425 g/mol. The lowest BCUT2D eigenvalue weighted by Gasteiger charge is -2.13. The SMILES string of the molecule is O=C(Oc1cc(Cl)ccc1Oc1ccc(Cl)cc1Cl)c1ccc2n[nH]nc2c1. The molecule has 6 nitrogen and oxygen atoms in total. The van der Waals surface area contributed by atoms with Gasteiger partial charge >= 0.3 is 5.97 Å². The van der Waals surface area contributed by atoms with Gasteiger partial charge in [-0.05, 0) is 48.5 Å². The van der Waals surface area contributed by atoms with Gasteiger partial charge in [-0.15, -0.1) is 0 Å². The molecule has 0 radical (unpaired) electrons. The minimum atomic E-state index is -0.598. The highest BCUT2D eigenvalue weighted by atomic mass is 35.5. The average molecular weight is 435 g/mol. The molecule has 0 spiro atoms. The number of halogens is 3. The second kappa shape index (κ2) is 7.67. The summed E-state index contributed by atoms with van der Waals surface area (Å²) in [6.45, 7) is 0. The molecule has 0 aliphatic rings. The van der Waals surface area contributed by atoms with Crippen LogP contribution in [-0.4, -0.2) is 21.4 Å². The van der Waals surface area contributed by atoms with Gasteiger partial charge in [-0.25, -0.2) is 4.79 Å². The van der Waals surface area contributed by atoms with Crippen LogP contribution in [0, 0.1) is 0 Å². The van der Waals surface area contributed by atoms with E-state index < -0.39 is 5.97 Å². The van der Waals surface area contributed by atoms with Crippen molar-refractivity contribution < 1.29 is 14.3 Å². The van der Waals surface area contributed by atoms with Crippen LogP contribution in [0.1, 0.15) is 10.4 Å². The van der Waals surface area contributed by atoms with Crippen molar-refractivity contribution in [3.05, 3.63) is 75.2 Å². The maximum Gasteiger partial charge on any atom is 0.343 e. The first-order valence-corrected chi connectivity index (χ1v) is 9.08. The van der Waals surface area contributed by atoms with Crippen molar-refractivity contribution in [1.29, 1.82) is 0 Å². The lowest BCUT2D eigenvalue weighted by molar-refractivity contribution is 0.0731. The Kier molecular flexibility index (Phi) is 5.09. The van der Waals surface area contributed by atoms with Crippen LogP contribution >= 0.6 is 34.8 Å². The van der Waals surface area contributed by atoms with Crippen LogP contribution in [0.25, 0.3) is 11.0 Å². The van der Waals surface area contributed by atoms with E-state index in [0.717, 1.165) is 0 Å². The highest BCUT2D eigenvalue weighted by Crippen LogP contribution is 2.38. The van der Waals surface area contributed by atoms with E-state index in [1.807, 2.05) is 0 Å². The molecule has 1 aromatic heterocycles. The molecule has 1 heterocycles. The molecule has 0 saturated heterocycles. The molecule has 0 amide bonds. The highest BCUT2D eigenvalue weighted by Gasteiger charge is 2.16. The van der Waals surface area contributed by atoms with Gasteiger partial charge in [-0.1, -0.05) is 34.8 Å². The van der Waals surface area contributed by atoms with E-state index in [0.29, 0.717) is 37.4 Å². The Bertz CT molecular complexity index is 1190. The van der Waals surface area contributed by atoms with Crippen molar-refractivity contribution in [3.8, 4) is 17.2 Å². The molecule has 140 valence electrons. The second-order valence-corrected chi connectivity index (χ2v) is 6.96. The molecular formula is C19H10Cl3N3O3. The third-order valence-electron chi connectivity index (χ3n) is 3.77. The predicted molar refractivity (Wildman–Crippen MR) is 107 cm³/mol. The molecule has 0 unspecified atom stereocenters. The van der Waals surface area contributed by atoms with Gasteiger partial charge in [0.1, 0.15) is 16.8 Å². The van der Waals surface area contributed by atoms with Gasteiger partial charge in [0.25, 0.3) is 0 Å². The summed E-state index contributed by atoms with van der Waals surface area (Å²) < 4.78 is 11.3. The van der Waals surface area contributed by atoms with Crippen LogP contribution < -0.4 is 9.47 Å². The van der Waals surface area contributed by atoms with Crippen LogP contribution in [0.15, 0.2) is 54.6 Å².